The Morgan fingerprint density at radius 1 is 1.27 bits per heavy atom. The maximum atomic E-state index is 12.2. The summed E-state index contributed by atoms with van der Waals surface area (Å²) in [7, 11) is 0. The van der Waals surface area contributed by atoms with Gasteiger partial charge in [-0.15, -0.1) is 0 Å². The highest BCUT2D eigenvalue weighted by atomic mass is 16.5. The number of rotatable bonds is 5. The van der Waals surface area contributed by atoms with Crippen LogP contribution >= 0.6 is 0 Å². The molecule has 0 saturated carbocycles. The van der Waals surface area contributed by atoms with E-state index in [-0.39, 0.29) is 5.78 Å². The highest BCUT2D eigenvalue weighted by Crippen LogP contribution is 2.27. The Bertz CT molecular complexity index is 837. The van der Waals surface area contributed by atoms with Gasteiger partial charge in [-0.1, -0.05) is 36.9 Å². The van der Waals surface area contributed by atoms with Crippen molar-refractivity contribution in [3.8, 4) is 5.88 Å². The fraction of sp³-hybridized carbons (Fsp3) is 0.118. The van der Waals surface area contributed by atoms with Gasteiger partial charge in [0.25, 0.3) is 0 Å². The summed E-state index contributed by atoms with van der Waals surface area (Å²) in [4.78, 5) is 23.5. The van der Waals surface area contributed by atoms with Crippen molar-refractivity contribution >= 4 is 16.8 Å². The van der Waals surface area contributed by atoms with Crippen molar-refractivity contribution in [3.63, 3.8) is 0 Å². The van der Waals surface area contributed by atoms with Gasteiger partial charge in [-0.25, -0.2) is 9.97 Å². The van der Waals surface area contributed by atoms with Gasteiger partial charge < -0.3 is 9.72 Å². The fourth-order valence-corrected chi connectivity index (χ4v) is 2.18. The predicted octanol–water partition coefficient (Wildman–Crippen LogP) is 3.30. The lowest BCUT2D eigenvalue weighted by molar-refractivity contribution is 0.103. The summed E-state index contributed by atoms with van der Waals surface area (Å²) < 4.78 is 5.78. The smallest absolute Gasteiger partial charge is 0.227 e. The van der Waals surface area contributed by atoms with Gasteiger partial charge in [0, 0.05) is 6.20 Å². The third kappa shape index (κ3) is 2.61. The van der Waals surface area contributed by atoms with Gasteiger partial charge in [0.1, 0.15) is 18.6 Å². The third-order valence-corrected chi connectivity index (χ3v) is 3.29. The number of aromatic amines is 1. The van der Waals surface area contributed by atoms with Gasteiger partial charge in [0.15, 0.2) is 5.78 Å². The number of nitrogens with one attached hydrogen (secondary N) is 1. The molecule has 0 aliphatic heterocycles. The predicted molar refractivity (Wildman–Crippen MR) is 83.8 cm³/mol. The number of aromatic nitrogens is 3. The van der Waals surface area contributed by atoms with Crippen molar-refractivity contribution in [2.75, 3.05) is 0 Å². The number of hydrogen-bond donors (Lipinski definition) is 1. The molecule has 22 heavy (non-hydrogen) atoms. The van der Waals surface area contributed by atoms with Crippen LogP contribution in [-0.2, 0) is 6.61 Å². The van der Waals surface area contributed by atoms with E-state index in [1.165, 1.54) is 6.33 Å². The number of hydrogen-bond acceptors (Lipinski definition) is 4. The number of fused-ring (bicyclic) bond motifs is 1. The van der Waals surface area contributed by atoms with Gasteiger partial charge in [-0.3, -0.25) is 4.79 Å². The molecule has 3 aromatic rings. The molecule has 2 heterocycles. The second-order valence-electron chi connectivity index (χ2n) is 4.99. The zero-order chi connectivity index (χ0) is 15.5. The number of ketones is 1. The summed E-state index contributed by atoms with van der Waals surface area (Å²) in [6.07, 6.45) is 3.03. The summed E-state index contributed by atoms with van der Waals surface area (Å²) in [5, 5.41) is 0.589. The van der Waals surface area contributed by atoms with E-state index in [0.29, 0.717) is 34.7 Å². The first-order chi connectivity index (χ1) is 10.7. The molecular weight excluding hydrogens is 278 g/mol. The summed E-state index contributed by atoms with van der Waals surface area (Å²) in [5.41, 5.74) is 2.53. The molecule has 5 nitrogen and oxygen atoms in total. The number of H-pyrrole nitrogens is 1. The van der Waals surface area contributed by atoms with E-state index < -0.39 is 0 Å². The molecule has 0 unspecified atom stereocenters. The molecule has 0 spiro atoms. The minimum absolute atomic E-state index is 0.148. The normalized spacial score (nSPS) is 10.6. The van der Waals surface area contributed by atoms with Crippen LogP contribution in [0.4, 0.5) is 0 Å². The average Bonchev–Trinajstić information content (AvgIpc) is 2.97. The van der Waals surface area contributed by atoms with Gasteiger partial charge in [-0.05, 0) is 18.1 Å². The van der Waals surface area contributed by atoms with Gasteiger partial charge in [0.2, 0.25) is 5.88 Å². The van der Waals surface area contributed by atoms with Crippen molar-refractivity contribution in [1.29, 1.82) is 0 Å². The maximum Gasteiger partial charge on any atom is 0.227 e. The topological polar surface area (TPSA) is 67.9 Å². The molecule has 1 aromatic carbocycles. The molecular formula is C17H15N3O2. The van der Waals surface area contributed by atoms with Crippen molar-refractivity contribution in [1.82, 2.24) is 15.0 Å². The monoisotopic (exact) mass is 293 g/mol. The van der Waals surface area contributed by atoms with Crippen LogP contribution in [0, 0.1) is 0 Å². The maximum absolute atomic E-state index is 12.2. The van der Waals surface area contributed by atoms with Crippen LogP contribution in [0.15, 0.2) is 55.0 Å². The Balaban J connectivity index is 1.97. The van der Waals surface area contributed by atoms with E-state index in [2.05, 4.69) is 21.5 Å². The van der Waals surface area contributed by atoms with Crippen LogP contribution in [0.5, 0.6) is 5.88 Å². The second-order valence-corrected chi connectivity index (χ2v) is 4.99. The first-order valence-electron chi connectivity index (χ1n) is 6.86. The summed E-state index contributed by atoms with van der Waals surface area (Å²) in [6, 6.07) is 9.77. The number of allylic oxidation sites excluding steroid dienone is 1. The zero-order valence-corrected chi connectivity index (χ0v) is 12.2. The minimum atomic E-state index is -0.148. The van der Waals surface area contributed by atoms with Crippen molar-refractivity contribution in [3.05, 3.63) is 66.1 Å². The molecule has 0 saturated heterocycles. The van der Waals surface area contributed by atoms with E-state index in [9.17, 15) is 4.79 Å². The minimum Gasteiger partial charge on any atom is -0.472 e. The van der Waals surface area contributed by atoms with Gasteiger partial charge >= 0.3 is 0 Å². The van der Waals surface area contributed by atoms with E-state index in [1.54, 1.807) is 13.1 Å². The molecule has 1 N–H and O–H groups in total. The molecule has 3 rings (SSSR count). The van der Waals surface area contributed by atoms with Crippen molar-refractivity contribution in [2.24, 2.45) is 0 Å². The quantitative estimate of drug-likeness (QED) is 0.579. The van der Waals surface area contributed by atoms with Crippen LogP contribution < -0.4 is 4.74 Å². The Morgan fingerprint density at radius 2 is 2.05 bits per heavy atom. The lowest BCUT2D eigenvalue weighted by Crippen LogP contribution is -2.02. The number of ether oxygens (including phenoxy) is 1. The molecule has 0 aliphatic rings. The Morgan fingerprint density at radius 3 is 2.77 bits per heavy atom. The van der Waals surface area contributed by atoms with E-state index in [4.69, 9.17) is 4.74 Å². The number of carbonyl (C=O) groups excluding carboxylic acids is 1. The number of nitrogens with zero attached hydrogens (tertiary/aromatic N) is 2. The summed E-state index contributed by atoms with van der Waals surface area (Å²) in [6.45, 7) is 5.75. The van der Waals surface area contributed by atoms with Crippen LogP contribution in [0.3, 0.4) is 0 Å². The van der Waals surface area contributed by atoms with Gasteiger partial charge in [0.05, 0.1) is 10.9 Å². The van der Waals surface area contributed by atoms with Crippen LogP contribution in [0.1, 0.15) is 22.8 Å². The number of benzene rings is 1. The van der Waals surface area contributed by atoms with E-state index in [1.807, 2.05) is 30.3 Å². The lowest BCUT2D eigenvalue weighted by Gasteiger charge is -2.07. The Hall–Kier alpha value is -2.95. The molecule has 0 aliphatic carbocycles. The molecule has 0 atom stereocenters. The Kier molecular flexibility index (Phi) is 3.70. The van der Waals surface area contributed by atoms with Gasteiger partial charge in [-0.2, -0.15) is 0 Å². The van der Waals surface area contributed by atoms with Crippen LogP contribution in [0.2, 0.25) is 0 Å². The van der Waals surface area contributed by atoms with E-state index >= 15 is 0 Å². The first kappa shape index (κ1) is 14.0. The first-order valence-corrected chi connectivity index (χ1v) is 6.86. The molecule has 2 aromatic heterocycles. The average molecular weight is 293 g/mol. The summed E-state index contributed by atoms with van der Waals surface area (Å²) in [5.74, 6) is 0.241. The number of Topliss-reactive ketones (excluding diaryl/α,β-unsaturated/α-hetero) is 1. The fourth-order valence-electron chi connectivity index (χ4n) is 2.18. The third-order valence-electron chi connectivity index (χ3n) is 3.29. The highest BCUT2D eigenvalue weighted by Gasteiger charge is 2.18. The molecule has 0 bridgehead atoms. The molecule has 5 heteroatoms. The lowest BCUT2D eigenvalue weighted by atomic mass is 10.1. The van der Waals surface area contributed by atoms with Crippen LogP contribution in [-0.4, -0.2) is 20.7 Å². The zero-order valence-electron chi connectivity index (χ0n) is 12.2. The standard InChI is InChI=1S/C17H15N3O2/c1-11(2)15(21)13-8-18-16-14(13)17(20-10-19-16)22-9-12-6-4-3-5-7-12/h3-8,10H,1,9H2,2H3,(H,18,19,20). The Labute approximate surface area is 127 Å². The largest absolute Gasteiger partial charge is 0.472 e. The van der Waals surface area contributed by atoms with Crippen molar-refractivity contribution < 1.29 is 9.53 Å². The van der Waals surface area contributed by atoms with Crippen molar-refractivity contribution in [2.45, 2.75) is 13.5 Å². The SMILES string of the molecule is C=C(C)C(=O)c1c[nH]c2ncnc(OCc3ccccc3)c12. The van der Waals surface area contributed by atoms with Crippen LogP contribution in [0.25, 0.3) is 11.0 Å². The molecule has 110 valence electrons. The number of carbonyl (C=O) groups is 1. The molecule has 0 fully saturated rings. The molecule has 0 amide bonds. The van der Waals surface area contributed by atoms with E-state index in [0.717, 1.165) is 5.56 Å². The second kappa shape index (κ2) is 5.81. The molecule has 0 radical (unpaired) electrons. The highest BCUT2D eigenvalue weighted by molar-refractivity contribution is 6.16. The summed E-state index contributed by atoms with van der Waals surface area (Å²) >= 11 is 0.